The molecule has 1 spiro atoms. The average molecular weight is 414 g/mol. The average Bonchev–Trinajstić information content (AvgIpc) is 2.91. The standard InChI is InChI=1S/C21H29Cl2NO3/c1-2-3-4-5-6-7-8-9-13-24-19-17(23)12-11-16(22)18(19)21(20(24)25)26-14-10-15-27-21/h11-12H,2-10,13-15H2,1H3. The third kappa shape index (κ3) is 4.29. The van der Waals surface area contributed by atoms with Gasteiger partial charge >= 0.3 is 0 Å². The predicted octanol–water partition coefficient (Wildman–Crippen LogP) is 6.07. The fraction of sp³-hybridized carbons (Fsp3) is 0.667. The maximum Gasteiger partial charge on any atom is 0.292 e. The van der Waals surface area contributed by atoms with E-state index in [1.54, 1.807) is 17.0 Å². The Morgan fingerprint density at radius 2 is 1.56 bits per heavy atom. The van der Waals surface area contributed by atoms with E-state index in [0.29, 0.717) is 41.1 Å². The molecule has 1 aromatic carbocycles. The van der Waals surface area contributed by atoms with E-state index in [9.17, 15) is 4.79 Å². The fourth-order valence-corrected chi connectivity index (χ4v) is 4.46. The van der Waals surface area contributed by atoms with Crippen LogP contribution in [0.1, 0.15) is 70.3 Å². The molecule has 0 aromatic heterocycles. The van der Waals surface area contributed by atoms with Crippen molar-refractivity contribution < 1.29 is 14.3 Å². The zero-order valence-electron chi connectivity index (χ0n) is 16.1. The van der Waals surface area contributed by atoms with Gasteiger partial charge in [0.2, 0.25) is 0 Å². The number of benzene rings is 1. The van der Waals surface area contributed by atoms with E-state index in [1.165, 1.54) is 38.5 Å². The van der Waals surface area contributed by atoms with Gasteiger partial charge in [0.15, 0.2) is 0 Å². The molecule has 2 aliphatic heterocycles. The van der Waals surface area contributed by atoms with E-state index in [1.807, 2.05) is 0 Å². The molecule has 1 amide bonds. The highest BCUT2D eigenvalue weighted by atomic mass is 35.5. The Morgan fingerprint density at radius 3 is 2.22 bits per heavy atom. The van der Waals surface area contributed by atoms with Crippen LogP contribution in [-0.4, -0.2) is 25.7 Å². The molecule has 150 valence electrons. The van der Waals surface area contributed by atoms with Gasteiger partial charge in [0.05, 0.1) is 34.5 Å². The van der Waals surface area contributed by atoms with Gasteiger partial charge in [0.1, 0.15) is 0 Å². The Morgan fingerprint density at radius 1 is 0.963 bits per heavy atom. The van der Waals surface area contributed by atoms with Crippen molar-refractivity contribution in [3.05, 3.63) is 27.7 Å². The number of anilines is 1. The molecule has 3 rings (SSSR count). The number of halogens is 2. The third-order valence-electron chi connectivity index (χ3n) is 5.34. The molecule has 4 nitrogen and oxygen atoms in total. The number of amides is 1. The van der Waals surface area contributed by atoms with E-state index in [-0.39, 0.29) is 5.91 Å². The molecular formula is C21H29Cl2NO3. The van der Waals surface area contributed by atoms with Crippen LogP contribution >= 0.6 is 23.2 Å². The minimum atomic E-state index is -1.42. The highest BCUT2D eigenvalue weighted by molar-refractivity contribution is 6.38. The third-order valence-corrected chi connectivity index (χ3v) is 5.96. The number of rotatable bonds is 9. The van der Waals surface area contributed by atoms with Crippen LogP contribution in [0.3, 0.4) is 0 Å². The maximum atomic E-state index is 13.2. The molecule has 1 aromatic rings. The van der Waals surface area contributed by atoms with Crippen LogP contribution in [0.5, 0.6) is 0 Å². The molecule has 27 heavy (non-hydrogen) atoms. The summed E-state index contributed by atoms with van der Waals surface area (Å²) < 4.78 is 11.7. The lowest BCUT2D eigenvalue weighted by Gasteiger charge is -2.32. The first kappa shape index (κ1) is 20.9. The number of carbonyl (C=O) groups is 1. The minimum Gasteiger partial charge on any atom is -0.338 e. The molecule has 0 unspecified atom stereocenters. The van der Waals surface area contributed by atoms with Crippen LogP contribution in [0.2, 0.25) is 10.0 Å². The lowest BCUT2D eigenvalue weighted by molar-refractivity contribution is -0.256. The van der Waals surface area contributed by atoms with E-state index in [0.717, 1.165) is 19.3 Å². The first-order chi connectivity index (χ1) is 13.1. The van der Waals surface area contributed by atoms with Crippen molar-refractivity contribution in [1.29, 1.82) is 0 Å². The van der Waals surface area contributed by atoms with Gasteiger partial charge in [0.25, 0.3) is 11.7 Å². The first-order valence-electron chi connectivity index (χ1n) is 10.2. The summed E-state index contributed by atoms with van der Waals surface area (Å²) in [6.45, 7) is 3.78. The monoisotopic (exact) mass is 413 g/mol. The van der Waals surface area contributed by atoms with Crippen LogP contribution in [0.15, 0.2) is 12.1 Å². The van der Waals surface area contributed by atoms with Crippen molar-refractivity contribution >= 4 is 34.8 Å². The number of carbonyl (C=O) groups excluding carboxylic acids is 1. The number of nitrogens with zero attached hydrogens (tertiary/aromatic N) is 1. The molecule has 0 N–H and O–H groups in total. The van der Waals surface area contributed by atoms with Crippen LogP contribution in [0.4, 0.5) is 5.69 Å². The van der Waals surface area contributed by atoms with E-state index in [4.69, 9.17) is 32.7 Å². The van der Waals surface area contributed by atoms with Crippen LogP contribution in [-0.2, 0) is 20.1 Å². The zero-order valence-corrected chi connectivity index (χ0v) is 17.6. The van der Waals surface area contributed by atoms with Crippen molar-refractivity contribution in [3.8, 4) is 0 Å². The molecule has 0 aliphatic carbocycles. The van der Waals surface area contributed by atoms with Gasteiger partial charge in [-0.3, -0.25) is 4.79 Å². The Hall–Kier alpha value is -0.810. The molecule has 1 saturated heterocycles. The molecule has 0 saturated carbocycles. The molecule has 2 heterocycles. The second-order valence-electron chi connectivity index (χ2n) is 7.35. The summed E-state index contributed by atoms with van der Waals surface area (Å²) in [6, 6.07) is 3.44. The quantitative estimate of drug-likeness (QED) is 0.461. The van der Waals surface area contributed by atoms with Gasteiger partial charge in [-0.1, -0.05) is 75.1 Å². The second kappa shape index (κ2) is 9.60. The fourth-order valence-electron chi connectivity index (χ4n) is 3.92. The molecular weight excluding hydrogens is 385 g/mol. The lowest BCUT2D eigenvalue weighted by Crippen LogP contribution is -2.47. The lowest BCUT2D eigenvalue weighted by atomic mass is 10.1. The molecule has 0 atom stereocenters. The van der Waals surface area contributed by atoms with Crippen LogP contribution < -0.4 is 4.90 Å². The summed E-state index contributed by atoms with van der Waals surface area (Å²) in [4.78, 5) is 15.0. The van der Waals surface area contributed by atoms with Crippen molar-refractivity contribution in [3.63, 3.8) is 0 Å². The molecule has 2 aliphatic rings. The van der Waals surface area contributed by atoms with E-state index >= 15 is 0 Å². The zero-order chi connectivity index (χ0) is 19.3. The second-order valence-corrected chi connectivity index (χ2v) is 8.17. The van der Waals surface area contributed by atoms with Crippen molar-refractivity contribution in [1.82, 2.24) is 0 Å². The summed E-state index contributed by atoms with van der Waals surface area (Å²) in [5, 5.41) is 0.972. The number of hydrogen-bond acceptors (Lipinski definition) is 3. The molecule has 0 radical (unpaired) electrons. The Balaban J connectivity index is 1.66. The van der Waals surface area contributed by atoms with Crippen molar-refractivity contribution in [2.24, 2.45) is 0 Å². The van der Waals surface area contributed by atoms with Crippen molar-refractivity contribution in [2.75, 3.05) is 24.7 Å². The van der Waals surface area contributed by atoms with Gasteiger partial charge in [-0.25, -0.2) is 0 Å². The molecule has 1 fully saturated rings. The summed E-state index contributed by atoms with van der Waals surface area (Å²) in [5.74, 6) is -1.62. The van der Waals surface area contributed by atoms with Gasteiger partial charge < -0.3 is 14.4 Å². The summed E-state index contributed by atoms with van der Waals surface area (Å²) in [6.07, 6.45) is 10.4. The molecule has 0 bridgehead atoms. The van der Waals surface area contributed by atoms with Crippen molar-refractivity contribution in [2.45, 2.75) is 70.5 Å². The minimum absolute atomic E-state index is 0.199. The smallest absolute Gasteiger partial charge is 0.292 e. The highest BCUT2D eigenvalue weighted by Gasteiger charge is 2.56. The Bertz CT molecular complexity index is 659. The molecule has 6 heteroatoms. The highest BCUT2D eigenvalue weighted by Crippen LogP contribution is 2.51. The van der Waals surface area contributed by atoms with Gasteiger partial charge in [0, 0.05) is 6.54 Å². The Kier molecular flexibility index (Phi) is 7.43. The van der Waals surface area contributed by atoms with E-state index < -0.39 is 5.79 Å². The number of fused-ring (bicyclic) bond motifs is 2. The van der Waals surface area contributed by atoms with Crippen LogP contribution in [0.25, 0.3) is 0 Å². The SMILES string of the molecule is CCCCCCCCCCN1C(=O)C2(OCCCO2)c2c(Cl)ccc(Cl)c21. The van der Waals surface area contributed by atoms with E-state index in [2.05, 4.69) is 6.92 Å². The largest absolute Gasteiger partial charge is 0.338 e. The summed E-state index contributed by atoms with van der Waals surface area (Å²) in [5.41, 5.74) is 1.22. The normalized spacial score (nSPS) is 18.3. The topological polar surface area (TPSA) is 38.8 Å². The first-order valence-corrected chi connectivity index (χ1v) is 11.0. The Labute approximate surface area is 172 Å². The number of hydrogen-bond donors (Lipinski definition) is 0. The predicted molar refractivity (Wildman–Crippen MR) is 110 cm³/mol. The van der Waals surface area contributed by atoms with Gasteiger partial charge in [-0.2, -0.15) is 0 Å². The summed E-state index contributed by atoms with van der Waals surface area (Å²) >= 11 is 12.9. The van der Waals surface area contributed by atoms with Crippen LogP contribution in [0, 0.1) is 0 Å². The van der Waals surface area contributed by atoms with Gasteiger partial charge in [-0.15, -0.1) is 0 Å². The summed E-state index contributed by atoms with van der Waals surface area (Å²) in [7, 11) is 0. The maximum absolute atomic E-state index is 13.2. The van der Waals surface area contributed by atoms with Gasteiger partial charge in [-0.05, 0) is 25.0 Å². The number of unbranched alkanes of at least 4 members (excludes halogenated alkanes) is 7. The number of ether oxygens (including phenoxy) is 2.